The maximum absolute atomic E-state index is 13.2. The van der Waals surface area contributed by atoms with Crippen LogP contribution in [0.2, 0.25) is 0 Å². The fourth-order valence-electron chi connectivity index (χ4n) is 2.15. The quantitative estimate of drug-likeness (QED) is 0.875. The SMILES string of the molecule is CCSCC(=O)NC1COCCC1Oc1cccc(F)c1. The summed E-state index contributed by atoms with van der Waals surface area (Å²) in [4.78, 5) is 11.8. The van der Waals surface area contributed by atoms with Crippen LogP contribution in [0.5, 0.6) is 5.75 Å². The number of amides is 1. The second-order valence-electron chi connectivity index (χ2n) is 4.79. The molecule has 2 unspecified atom stereocenters. The van der Waals surface area contributed by atoms with Crippen molar-refractivity contribution in [3.8, 4) is 5.75 Å². The Bertz CT molecular complexity index is 472. The standard InChI is InChI=1S/C15H20FNO3S/c1-2-21-10-15(18)17-13-9-19-7-6-14(13)20-12-5-3-4-11(16)8-12/h3-5,8,13-14H,2,6-7,9-10H2,1H3,(H,17,18). The number of benzene rings is 1. The molecule has 116 valence electrons. The van der Waals surface area contributed by atoms with Crippen molar-refractivity contribution in [2.24, 2.45) is 0 Å². The lowest BCUT2D eigenvalue weighted by Gasteiger charge is -2.32. The van der Waals surface area contributed by atoms with E-state index in [1.165, 1.54) is 12.1 Å². The molecule has 21 heavy (non-hydrogen) atoms. The van der Waals surface area contributed by atoms with Crippen molar-refractivity contribution in [3.05, 3.63) is 30.1 Å². The van der Waals surface area contributed by atoms with Crippen molar-refractivity contribution in [3.63, 3.8) is 0 Å². The summed E-state index contributed by atoms with van der Waals surface area (Å²) >= 11 is 1.57. The van der Waals surface area contributed by atoms with Crippen molar-refractivity contribution in [1.82, 2.24) is 5.32 Å². The van der Waals surface area contributed by atoms with Crippen LogP contribution < -0.4 is 10.1 Å². The molecule has 1 N–H and O–H groups in total. The van der Waals surface area contributed by atoms with Crippen LogP contribution in [0.25, 0.3) is 0 Å². The summed E-state index contributed by atoms with van der Waals surface area (Å²) in [5.41, 5.74) is 0. The van der Waals surface area contributed by atoms with E-state index in [-0.39, 0.29) is 23.9 Å². The van der Waals surface area contributed by atoms with Crippen LogP contribution in [0.3, 0.4) is 0 Å². The Morgan fingerprint density at radius 2 is 2.43 bits per heavy atom. The van der Waals surface area contributed by atoms with Crippen molar-refractivity contribution >= 4 is 17.7 Å². The van der Waals surface area contributed by atoms with E-state index in [0.29, 0.717) is 31.1 Å². The van der Waals surface area contributed by atoms with Crippen molar-refractivity contribution in [2.75, 3.05) is 24.7 Å². The number of carbonyl (C=O) groups is 1. The highest BCUT2D eigenvalue weighted by Crippen LogP contribution is 2.19. The third-order valence-electron chi connectivity index (χ3n) is 3.16. The van der Waals surface area contributed by atoms with Gasteiger partial charge in [-0.15, -0.1) is 0 Å². The van der Waals surface area contributed by atoms with Crippen molar-refractivity contribution in [1.29, 1.82) is 0 Å². The average Bonchev–Trinajstić information content (AvgIpc) is 2.47. The van der Waals surface area contributed by atoms with E-state index in [0.717, 1.165) is 5.75 Å². The van der Waals surface area contributed by atoms with Crippen LogP contribution in [0.4, 0.5) is 4.39 Å². The minimum atomic E-state index is -0.334. The van der Waals surface area contributed by atoms with Gasteiger partial charge in [-0.05, 0) is 17.9 Å². The number of hydrogen-bond acceptors (Lipinski definition) is 4. The number of thioether (sulfide) groups is 1. The molecule has 1 aliphatic heterocycles. The molecule has 6 heteroatoms. The molecule has 4 nitrogen and oxygen atoms in total. The van der Waals surface area contributed by atoms with Crippen LogP contribution in [0.1, 0.15) is 13.3 Å². The summed E-state index contributed by atoms with van der Waals surface area (Å²) in [6, 6.07) is 5.84. The fourth-order valence-corrected chi connectivity index (χ4v) is 2.63. The zero-order valence-corrected chi connectivity index (χ0v) is 12.8. The van der Waals surface area contributed by atoms with Crippen LogP contribution in [0, 0.1) is 5.82 Å². The summed E-state index contributed by atoms with van der Waals surface area (Å²) in [6.45, 7) is 3.01. The third kappa shape index (κ3) is 5.21. The summed E-state index contributed by atoms with van der Waals surface area (Å²) in [7, 11) is 0. The summed E-state index contributed by atoms with van der Waals surface area (Å²) in [5.74, 6) is 1.45. The Morgan fingerprint density at radius 3 is 3.19 bits per heavy atom. The minimum absolute atomic E-state index is 0.0230. The maximum atomic E-state index is 13.2. The van der Waals surface area contributed by atoms with Gasteiger partial charge in [0, 0.05) is 12.5 Å². The van der Waals surface area contributed by atoms with E-state index >= 15 is 0 Å². The molecule has 2 atom stereocenters. The number of hydrogen-bond donors (Lipinski definition) is 1. The highest BCUT2D eigenvalue weighted by Gasteiger charge is 2.28. The molecule has 0 saturated carbocycles. The predicted octanol–water partition coefficient (Wildman–Crippen LogP) is 2.23. The first-order valence-corrected chi connectivity index (χ1v) is 8.21. The molecule has 0 spiro atoms. The molecule has 1 fully saturated rings. The number of nitrogens with one attached hydrogen (secondary N) is 1. The summed E-state index contributed by atoms with van der Waals surface area (Å²) < 4.78 is 24.4. The number of rotatable bonds is 6. The van der Waals surface area contributed by atoms with E-state index in [4.69, 9.17) is 9.47 Å². The molecule has 0 aromatic heterocycles. The van der Waals surface area contributed by atoms with Gasteiger partial charge in [0.25, 0.3) is 0 Å². The fraction of sp³-hybridized carbons (Fsp3) is 0.533. The van der Waals surface area contributed by atoms with E-state index in [2.05, 4.69) is 5.32 Å². The van der Waals surface area contributed by atoms with Gasteiger partial charge in [-0.25, -0.2) is 4.39 Å². The smallest absolute Gasteiger partial charge is 0.230 e. The topological polar surface area (TPSA) is 47.6 Å². The Hall–Kier alpha value is -1.27. The lowest BCUT2D eigenvalue weighted by molar-refractivity contribution is -0.121. The molecule has 0 bridgehead atoms. The second kappa shape index (κ2) is 8.24. The Kier molecular flexibility index (Phi) is 6.32. The van der Waals surface area contributed by atoms with Gasteiger partial charge in [0.05, 0.1) is 25.0 Å². The largest absolute Gasteiger partial charge is 0.488 e. The normalized spacial score (nSPS) is 21.8. The second-order valence-corrected chi connectivity index (χ2v) is 6.06. The summed E-state index contributed by atoms with van der Waals surface area (Å²) in [5, 5.41) is 2.94. The average molecular weight is 313 g/mol. The molecular weight excluding hydrogens is 293 g/mol. The number of ether oxygens (including phenoxy) is 2. The first kappa shape index (κ1) is 16.1. The molecule has 1 heterocycles. The van der Waals surface area contributed by atoms with Gasteiger partial charge in [0.15, 0.2) is 0 Å². The zero-order valence-electron chi connectivity index (χ0n) is 12.0. The Morgan fingerprint density at radius 1 is 1.57 bits per heavy atom. The van der Waals surface area contributed by atoms with Crippen LogP contribution in [0.15, 0.2) is 24.3 Å². The molecular formula is C15H20FNO3S. The van der Waals surface area contributed by atoms with Gasteiger partial charge in [-0.3, -0.25) is 4.79 Å². The van der Waals surface area contributed by atoms with Gasteiger partial charge >= 0.3 is 0 Å². The maximum Gasteiger partial charge on any atom is 0.230 e. The van der Waals surface area contributed by atoms with Gasteiger partial charge in [-0.1, -0.05) is 13.0 Å². The lowest BCUT2D eigenvalue weighted by atomic mass is 10.1. The van der Waals surface area contributed by atoms with E-state index in [1.807, 2.05) is 6.92 Å². The van der Waals surface area contributed by atoms with Crippen LogP contribution >= 0.6 is 11.8 Å². The first-order chi connectivity index (χ1) is 10.2. The van der Waals surface area contributed by atoms with Gasteiger partial charge in [-0.2, -0.15) is 11.8 Å². The van der Waals surface area contributed by atoms with Gasteiger partial charge in [0.2, 0.25) is 5.91 Å². The van der Waals surface area contributed by atoms with Crippen molar-refractivity contribution < 1.29 is 18.7 Å². The predicted molar refractivity (Wildman–Crippen MR) is 81.2 cm³/mol. The van der Waals surface area contributed by atoms with Gasteiger partial charge < -0.3 is 14.8 Å². The molecule has 1 aromatic rings. The Labute approximate surface area is 128 Å². The van der Waals surface area contributed by atoms with Crippen molar-refractivity contribution in [2.45, 2.75) is 25.5 Å². The third-order valence-corrected chi connectivity index (χ3v) is 4.03. The molecule has 1 aromatic carbocycles. The zero-order chi connectivity index (χ0) is 15.1. The van der Waals surface area contributed by atoms with E-state index in [9.17, 15) is 9.18 Å². The number of halogens is 1. The Balaban J connectivity index is 1.93. The highest BCUT2D eigenvalue weighted by atomic mass is 32.2. The molecule has 0 aliphatic carbocycles. The molecule has 1 saturated heterocycles. The molecule has 1 aliphatic rings. The monoisotopic (exact) mass is 313 g/mol. The molecule has 2 rings (SSSR count). The van der Waals surface area contributed by atoms with Crippen LogP contribution in [-0.2, 0) is 9.53 Å². The van der Waals surface area contributed by atoms with E-state index in [1.54, 1.807) is 23.9 Å². The molecule has 1 amide bonds. The van der Waals surface area contributed by atoms with Gasteiger partial charge in [0.1, 0.15) is 17.7 Å². The minimum Gasteiger partial charge on any atom is -0.488 e. The summed E-state index contributed by atoms with van der Waals surface area (Å²) in [6.07, 6.45) is 0.471. The van der Waals surface area contributed by atoms with Crippen LogP contribution in [-0.4, -0.2) is 42.8 Å². The number of carbonyl (C=O) groups excluding carboxylic acids is 1. The highest BCUT2D eigenvalue weighted by molar-refractivity contribution is 7.99. The van der Waals surface area contributed by atoms with E-state index < -0.39 is 0 Å². The first-order valence-electron chi connectivity index (χ1n) is 7.06. The molecule has 0 radical (unpaired) electrons. The lowest BCUT2D eigenvalue weighted by Crippen LogP contribution is -2.52.